The summed E-state index contributed by atoms with van der Waals surface area (Å²) in [6, 6.07) is 20.5. The summed E-state index contributed by atoms with van der Waals surface area (Å²) >= 11 is 6.71. The summed E-state index contributed by atoms with van der Waals surface area (Å²) in [5.74, 6) is -1.92. The van der Waals surface area contributed by atoms with Crippen LogP contribution in [0.15, 0.2) is 81.7 Å². The van der Waals surface area contributed by atoms with Crippen LogP contribution in [0.3, 0.4) is 0 Å². The minimum Gasteiger partial charge on any atom is -0.426 e. The third kappa shape index (κ3) is 2.84. The fourth-order valence-electron chi connectivity index (χ4n) is 4.80. The number of rotatable bonds is 4. The van der Waals surface area contributed by atoms with Gasteiger partial charge < -0.3 is 9.47 Å². The van der Waals surface area contributed by atoms with Crippen LogP contribution in [0.2, 0.25) is 0 Å². The number of ketones is 1. The largest absolute Gasteiger partial charge is 0.426 e. The Morgan fingerprint density at radius 1 is 0.906 bits per heavy atom. The molecule has 0 radical (unpaired) electrons. The number of Topliss-reactive ketones (excluding diaryl/α,β-unsaturated/α-hetero) is 1. The fourth-order valence-corrected chi connectivity index (χ4v) is 5.33. The SMILES string of the molecule is C[C@]1(C(=O)c2ccc(Br)cc2)[C@H]2c3ccccc3OC(=O)[C@]21C(=O)Oc1ccc(Br)cc1. The Hall–Kier alpha value is -2.77. The number of para-hydroxylation sites is 1. The number of hydrogen-bond acceptors (Lipinski definition) is 5. The highest BCUT2D eigenvalue weighted by Crippen LogP contribution is 2.78. The molecule has 32 heavy (non-hydrogen) atoms. The predicted molar refractivity (Wildman–Crippen MR) is 124 cm³/mol. The third-order valence-electron chi connectivity index (χ3n) is 6.43. The van der Waals surface area contributed by atoms with Crippen molar-refractivity contribution in [1.29, 1.82) is 0 Å². The van der Waals surface area contributed by atoms with E-state index in [4.69, 9.17) is 9.47 Å². The Morgan fingerprint density at radius 2 is 1.50 bits per heavy atom. The van der Waals surface area contributed by atoms with Gasteiger partial charge >= 0.3 is 11.9 Å². The normalized spacial score (nSPS) is 25.2. The molecule has 0 saturated heterocycles. The van der Waals surface area contributed by atoms with Gasteiger partial charge in [-0.25, -0.2) is 0 Å². The van der Waals surface area contributed by atoms with Gasteiger partial charge in [0.15, 0.2) is 11.2 Å². The van der Waals surface area contributed by atoms with Crippen molar-refractivity contribution in [1.82, 2.24) is 0 Å². The van der Waals surface area contributed by atoms with Gasteiger partial charge in [-0.2, -0.15) is 0 Å². The summed E-state index contributed by atoms with van der Waals surface area (Å²) in [5, 5.41) is 0. The summed E-state index contributed by atoms with van der Waals surface area (Å²) in [6.07, 6.45) is 0. The van der Waals surface area contributed by atoms with E-state index in [9.17, 15) is 14.4 Å². The Kier molecular flexibility index (Phi) is 4.87. The van der Waals surface area contributed by atoms with E-state index >= 15 is 0 Å². The second-order valence-electron chi connectivity index (χ2n) is 8.05. The van der Waals surface area contributed by atoms with Crippen molar-refractivity contribution in [3.05, 3.63) is 92.9 Å². The highest BCUT2D eigenvalue weighted by molar-refractivity contribution is 9.10. The fraction of sp³-hybridized carbons (Fsp3) is 0.160. The molecule has 2 aliphatic rings. The molecule has 0 N–H and O–H groups in total. The summed E-state index contributed by atoms with van der Waals surface area (Å²) in [6.45, 7) is 1.65. The second kappa shape index (κ2) is 7.39. The molecular weight excluding hydrogens is 540 g/mol. The van der Waals surface area contributed by atoms with Gasteiger partial charge in [0.05, 0.1) is 5.41 Å². The Bertz CT molecular complexity index is 1270. The van der Waals surface area contributed by atoms with Crippen LogP contribution in [0.4, 0.5) is 0 Å². The molecule has 5 nitrogen and oxygen atoms in total. The molecule has 0 unspecified atom stereocenters. The molecule has 0 spiro atoms. The highest BCUT2D eigenvalue weighted by Gasteiger charge is 2.89. The minimum absolute atomic E-state index is 0.281. The van der Waals surface area contributed by atoms with Crippen LogP contribution in [-0.4, -0.2) is 17.7 Å². The van der Waals surface area contributed by atoms with Gasteiger partial charge in [0, 0.05) is 26.0 Å². The number of carbonyl (C=O) groups is 3. The maximum Gasteiger partial charge on any atom is 0.330 e. The first-order valence-corrected chi connectivity index (χ1v) is 11.5. The van der Waals surface area contributed by atoms with Crippen LogP contribution in [0.25, 0.3) is 0 Å². The van der Waals surface area contributed by atoms with Crippen molar-refractivity contribution in [2.75, 3.05) is 0 Å². The van der Waals surface area contributed by atoms with E-state index < -0.39 is 28.7 Å². The van der Waals surface area contributed by atoms with Crippen LogP contribution >= 0.6 is 31.9 Å². The molecule has 0 amide bonds. The van der Waals surface area contributed by atoms with Crippen molar-refractivity contribution < 1.29 is 23.9 Å². The predicted octanol–water partition coefficient (Wildman–Crippen LogP) is 5.71. The molecule has 7 heteroatoms. The van der Waals surface area contributed by atoms with Crippen molar-refractivity contribution in [2.45, 2.75) is 12.8 Å². The maximum atomic E-state index is 13.7. The molecule has 160 valence electrons. The lowest BCUT2D eigenvalue weighted by atomic mass is 9.87. The van der Waals surface area contributed by atoms with Crippen LogP contribution in [0.5, 0.6) is 11.5 Å². The highest BCUT2D eigenvalue weighted by atomic mass is 79.9. The molecule has 1 saturated carbocycles. The van der Waals surface area contributed by atoms with Crippen molar-refractivity contribution >= 4 is 49.6 Å². The van der Waals surface area contributed by atoms with Crippen molar-refractivity contribution in [3.63, 3.8) is 0 Å². The first-order chi connectivity index (χ1) is 15.3. The average Bonchev–Trinajstić information content (AvgIpc) is 3.39. The number of fused-ring (bicyclic) bond motifs is 3. The summed E-state index contributed by atoms with van der Waals surface area (Å²) in [5.41, 5.74) is -2.06. The van der Waals surface area contributed by atoms with E-state index in [0.29, 0.717) is 16.9 Å². The van der Waals surface area contributed by atoms with Crippen molar-refractivity contribution in [3.8, 4) is 11.5 Å². The van der Waals surface area contributed by atoms with Gasteiger partial charge in [0.25, 0.3) is 0 Å². The lowest BCUT2D eigenvalue weighted by molar-refractivity contribution is -0.156. The lowest BCUT2D eigenvalue weighted by Gasteiger charge is -2.22. The zero-order chi connectivity index (χ0) is 22.7. The maximum absolute atomic E-state index is 13.7. The van der Waals surface area contributed by atoms with E-state index in [1.54, 1.807) is 79.7 Å². The Balaban J connectivity index is 1.62. The van der Waals surface area contributed by atoms with Crippen LogP contribution in [0.1, 0.15) is 28.8 Å². The van der Waals surface area contributed by atoms with E-state index in [1.807, 2.05) is 0 Å². The number of halogens is 2. The Labute approximate surface area is 201 Å². The molecule has 5 rings (SSSR count). The quantitative estimate of drug-likeness (QED) is 0.178. The molecule has 1 heterocycles. The molecule has 3 atom stereocenters. The zero-order valence-electron chi connectivity index (χ0n) is 16.8. The zero-order valence-corrected chi connectivity index (χ0v) is 20.0. The molecule has 1 aliphatic carbocycles. The molecule has 0 bridgehead atoms. The van der Waals surface area contributed by atoms with E-state index in [0.717, 1.165) is 8.95 Å². The van der Waals surface area contributed by atoms with Gasteiger partial charge in [-0.05, 0) is 49.4 Å². The molecule has 0 aromatic heterocycles. The van der Waals surface area contributed by atoms with Crippen LogP contribution in [-0.2, 0) is 9.59 Å². The first-order valence-electron chi connectivity index (χ1n) is 9.89. The first kappa shape index (κ1) is 21.1. The van der Waals surface area contributed by atoms with E-state index in [1.165, 1.54) is 0 Å². The average molecular weight is 556 g/mol. The van der Waals surface area contributed by atoms with Gasteiger partial charge in [0.1, 0.15) is 11.5 Å². The Morgan fingerprint density at radius 3 is 2.16 bits per heavy atom. The standard InChI is InChI=1S/C25H16Br2O5/c1-24(21(28)14-6-8-15(26)9-7-14)20-18-4-2-3-5-19(18)32-23(30)25(20,24)22(29)31-17-12-10-16(27)11-13-17/h2-13,20H,1H3/t20-,24-,25-/m1/s1. The monoisotopic (exact) mass is 554 g/mol. The number of hydrogen-bond donors (Lipinski definition) is 0. The topological polar surface area (TPSA) is 69.7 Å². The third-order valence-corrected chi connectivity index (χ3v) is 7.48. The van der Waals surface area contributed by atoms with Crippen LogP contribution < -0.4 is 9.47 Å². The minimum atomic E-state index is -1.77. The van der Waals surface area contributed by atoms with Crippen LogP contribution in [0, 0.1) is 10.8 Å². The lowest BCUT2D eigenvalue weighted by Crippen LogP contribution is -2.41. The number of esters is 2. The van der Waals surface area contributed by atoms with Crippen molar-refractivity contribution in [2.24, 2.45) is 10.8 Å². The van der Waals surface area contributed by atoms with Gasteiger partial charge in [-0.15, -0.1) is 0 Å². The number of benzene rings is 3. The van der Waals surface area contributed by atoms with Gasteiger partial charge in [-0.3, -0.25) is 14.4 Å². The molecule has 3 aromatic rings. The summed E-state index contributed by atoms with van der Waals surface area (Å²) in [7, 11) is 0. The van der Waals surface area contributed by atoms with Gasteiger partial charge in [0.2, 0.25) is 0 Å². The molecule has 1 aliphatic heterocycles. The van der Waals surface area contributed by atoms with Gasteiger partial charge in [-0.1, -0.05) is 62.2 Å². The summed E-state index contributed by atoms with van der Waals surface area (Å²) in [4.78, 5) is 40.6. The molecule has 1 fully saturated rings. The van der Waals surface area contributed by atoms with E-state index in [-0.39, 0.29) is 11.5 Å². The second-order valence-corrected chi connectivity index (χ2v) is 9.88. The van der Waals surface area contributed by atoms with E-state index in [2.05, 4.69) is 31.9 Å². The summed E-state index contributed by atoms with van der Waals surface area (Å²) < 4.78 is 12.8. The molecule has 3 aromatic carbocycles. The number of ether oxygens (including phenoxy) is 2. The molecular formula is C25H16Br2O5. The smallest absolute Gasteiger partial charge is 0.330 e. The number of carbonyl (C=O) groups excluding carboxylic acids is 3.